The Bertz CT molecular complexity index is 811. The van der Waals surface area contributed by atoms with Crippen molar-refractivity contribution in [1.29, 1.82) is 0 Å². The van der Waals surface area contributed by atoms with Crippen LogP contribution in [-0.2, 0) is 14.6 Å². The Balaban J connectivity index is 1.94. The van der Waals surface area contributed by atoms with Gasteiger partial charge in [0.15, 0.2) is 9.84 Å². The van der Waals surface area contributed by atoms with E-state index in [2.05, 4.69) is 5.32 Å². The molecule has 0 saturated heterocycles. The summed E-state index contributed by atoms with van der Waals surface area (Å²) in [6.07, 6.45) is 0.779. The lowest BCUT2D eigenvalue weighted by Crippen LogP contribution is -2.40. The van der Waals surface area contributed by atoms with Gasteiger partial charge in [0.2, 0.25) is 0 Å². The number of carbonyl (C=O) groups excluding carboxylic acids is 2. The smallest absolute Gasteiger partial charge is 0.261 e. The Morgan fingerprint density at radius 3 is 2.58 bits per heavy atom. The maximum atomic E-state index is 12.1. The summed E-state index contributed by atoms with van der Waals surface area (Å²) < 4.78 is 23.1. The lowest BCUT2D eigenvalue weighted by molar-refractivity contribution is -0.128. The van der Waals surface area contributed by atoms with Gasteiger partial charge in [0, 0.05) is 22.6 Å². The number of thiophene rings is 2. The zero-order chi connectivity index (χ0) is 17.7. The first-order chi connectivity index (χ1) is 11.3. The number of hydrogen-bond donors (Lipinski definition) is 3. The second-order valence-corrected chi connectivity index (χ2v) is 9.24. The van der Waals surface area contributed by atoms with Crippen molar-refractivity contribution < 1.29 is 23.2 Å². The highest BCUT2D eigenvalue weighted by Gasteiger charge is 2.28. The summed E-state index contributed by atoms with van der Waals surface area (Å²) in [7, 11) is -3.68. The average molecular weight is 388 g/mol. The molecular formula is C14H16N2O5S3. The van der Waals surface area contributed by atoms with Gasteiger partial charge in [-0.2, -0.15) is 0 Å². The molecule has 10 heteroatoms. The van der Waals surface area contributed by atoms with Crippen LogP contribution in [-0.4, -0.2) is 43.5 Å². The number of rotatable bonds is 7. The molecule has 0 fully saturated rings. The highest BCUT2D eigenvalue weighted by atomic mass is 32.2. The van der Waals surface area contributed by atoms with Gasteiger partial charge in [-0.15, -0.1) is 22.7 Å². The first kappa shape index (κ1) is 18.6. The van der Waals surface area contributed by atoms with Crippen molar-refractivity contribution in [2.75, 3.05) is 12.8 Å². The Kier molecular flexibility index (Phi) is 6.10. The summed E-state index contributed by atoms with van der Waals surface area (Å²) in [6, 6.07) is 7.44. The fourth-order valence-corrected chi connectivity index (χ4v) is 4.77. The van der Waals surface area contributed by atoms with Gasteiger partial charge in [0.05, 0.1) is 4.88 Å². The predicted molar refractivity (Wildman–Crippen MR) is 93.1 cm³/mol. The van der Waals surface area contributed by atoms with Gasteiger partial charge in [0.1, 0.15) is 5.25 Å². The molecule has 0 aliphatic heterocycles. The Morgan fingerprint density at radius 2 is 2.00 bits per heavy atom. The molecule has 0 aromatic carbocycles. The minimum atomic E-state index is -3.68. The van der Waals surface area contributed by atoms with Crippen molar-refractivity contribution in [3.8, 4) is 9.75 Å². The molecule has 2 amide bonds. The van der Waals surface area contributed by atoms with Crippen molar-refractivity contribution in [2.24, 2.45) is 0 Å². The molecule has 0 aliphatic rings. The van der Waals surface area contributed by atoms with Crippen molar-refractivity contribution in [1.82, 2.24) is 10.8 Å². The molecule has 130 valence electrons. The second-order valence-electron chi connectivity index (χ2n) is 4.98. The molecule has 0 bridgehead atoms. The maximum absolute atomic E-state index is 12.1. The standard InChI is InChI=1S/C14H16N2O5S3/c1-24(20,21)12(14(18)16-19)6-7-15-13(17)11-5-4-10(23-11)9-3-2-8-22-9/h2-5,8,12,19H,6-7H2,1H3,(H,15,17)(H,16,18). The van der Waals surface area contributed by atoms with E-state index in [0.29, 0.717) is 4.88 Å². The molecule has 7 nitrogen and oxygen atoms in total. The van der Waals surface area contributed by atoms with Gasteiger partial charge in [-0.25, -0.2) is 13.9 Å². The van der Waals surface area contributed by atoms with Gasteiger partial charge < -0.3 is 5.32 Å². The molecule has 0 radical (unpaired) electrons. The van der Waals surface area contributed by atoms with E-state index in [1.807, 2.05) is 23.6 Å². The van der Waals surface area contributed by atoms with Crippen LogP contribution >= 0.6 is 22.7 Å². The van der Waals surface area contributed by atoms with Crippen LogP contribution in [0.5, 0.6) is 0 Å². The number of hydrogen-bond acceptors (Lipinski definition) is 7. The van der Waals surface area contributed by atoms with Crippen LogP contribution in [0.1, 0.15) is 16.1 Å². The predicted octanol–water partition coefficient (Wildman–Crippen LogP) is 1.52. The van der Waals surface area contributed by atoms with E-state index in [-0.39, 0.29) is 18.9 Å². The number of hydroxylamine groups is 1. The van der Waals surface area contributed by atoms with Crippen LogP contribution in [0, 0.1) is 0 Å². The van der Waals surface area contributed by atoms with E-state index in [1.54, 1.807) is 17.4 Å². The van der Waals surface area contributed by atoms with Crippen LogP contribution in [0.2, 0.25) is 0 Å². The Morgan fingerprint density at radius 1 is 1.25 bits per heavy atom. The van der Waals surface area contributed by atoms with Crippen molar-refractivity contribution in [2.45, 2.75) is 11.7 Å². The summed E-state index contributed by atoms with van der Waals surface area (Å²) in [4.78, 5) is 26.0. The van der Waals surface area contributed by atoms with E-state index in [1.165, 1.54) is 16.8 Å². The zero-order valence-electron chi connectivity index (χ0n) is 12.7. The van der Waals surface area contributed by atoms with Crippen LogP contribution in [0.25, 0.3) is 9.75 Å². The number of nitrogens with one attached hydrogen (secondary N) is 2. The Labute approximate surface area is 147 Å². The highest BCUT2D eigenvalue weighted by molar-refractivity contribution is 7.92. The molecule has 0 aliphatic carbocycles. The summed E-state index contributed by atoms with van der Waals surface area (Å²) >= 11 is 2.91. The van der Waals surface area contributed by atoms with Gasteiger partial charge in [-0.05, 0) is 30.0 Å². The molecule has 1 atom stereocenters. The lowest BCUT2D eigenvalue weighted by Gasteiger charge is -2.13. The SMILES string of the molecule is CS(=O)(=O)C(CCNC(=O)c1ccc(-c2cccs2)s1)C(=O)NO. The van der Waals surface area contributed by atoms with E-state index >= 15 is 0 Å². The highest BCUT2D eigenvalue weighted by Crippen LogP contribution is 2.31. The largest absolute Gasteiger partial charge is 0.351 e. The summed E-state index contributed by atoms with van der Waals surface area (Å²) in [5.41, 5.74) is 1.33. The molecule has 2 aromatic rings. The summed E-state index contributed by atoms with van der Waals surface area (Å²) in [6.45, 7) is -0.00374. The normalized spacial score (nSPS) is 12.6. The number of amides is 2. The molecule has 0 spiro atoms. The maximum Gasteiger partial charge on any atom is 0.261 e. The van der Waals surface area contributed by atoms with E-state index in [0.717, 1.165) is 16.0 Å². The van der Waals surface area contributed by atoms with Gasteiger partial charge >= 0.3 is 0 Å². The Hall–Kier alpha value is -1.75. The monoisotopic (exact) mass is 388 g/mol. The molecule has 2 rings (SSSR count). The molecule has 2 heterocycles. The van der Waals surface area contributed by atoms with Crippen molar-refractivity contribution in [3.63, 3.8) is 0 Å². The first-order valence-corrected chi connectivity index (χ1v) is 10.5. The topological polar surface area (TPSA) is 113 Å². The van der Waals surface area contributed by atoms with Gasteiger partial charge in [-0.3, -0.25) is 14.8 Å². The minimum Gasteiger partial charge on any atom is -0.351 e. The van der Waals surface area contributed by atoms with E-state index in [4.69, 9.17) is 5.21 Å². The number of carbonyl (C=O) groups is 2. The molecule has 2 aromatic heterocycles. The first-order valence-electron chi connectivity index (χ1n) is 6.87. The van der Waals surface area contributed by atoms with Gasteiger partial charge in [0.25, 0.3) is 11.8 Å². The number of sulfone groups is 1. The molecule has 1 unspecified atom stereocenters. The minimum absolute atomic E-state index is 0.00374. The van der Waals surface area contributed by atoms with E-state index < -0.39 is 21.0 Å². The average Bonchev–Trinajstić information content (AvgIpc) is 3.19. The fraction of sp³-hybridized carbons (Fsp3) is 0.286. The fourth-order valence-electron chi connectivity index (χ4n) is 2.03. The van der Waals surface area contributed by atoms with Crippen LogP contribution in [0.15, 0.2) is 29.6 Å². The molecule has 0 saturated carbocycles. The van der Waals surface area contributed by atoms with Crippen LogP contribution in [0.3, 0.4) is 0 Å². The molecule has 24 heavy (non-hydrogen) atoms. The lowest BCUT2D eigenvalue weighted by atomic mass is 10.3. The third-order valence-electron chi connectivity index (χ3n) is 3.21. The van der Waals surface area contributed by atoms with Gasteiger partial charge in [-0.1, -0.05) is 6.07 Å². The van der Waals surface area contributed by atoms with Crippen LogP contribution < -0.4 is 10.8 Å². The van der Waals surface area contributed by atoms with Crippen molar-refractivity contribution in [3.05, 3.63) is 34.5 Å². The quantitative estimate of drug-likeness (QED) is 0.492. The molecular weight excluding hydrogens is 372 g/mol. The summed E-state index contributed by atoms with van der Waals surface area (Å²) in [5.74, 6) is -1.35. The zero-order valence-corrected chi connectivity index (χ0v) is 15.1. The van der Waals surface area contributed by atoms with Crippen molar-refractivity contribution >= 4 is 44.3 Å². The van der Waals surface area contributed by atoms with Crippen LogP contribution in [0.4, 0.5) is 0 Å². The summed E-state index contributed by atoms with van der Waals surface area (Å²) in [5, 5.41) is 11.7. The third-order valence-corrected chi connectivity index (χ3v) is 6.84. The third kappa shape index (κ3) is 4.63. The van der Waals surface area contributed by atoms with E-state index in [9.17, 15) is 18.0 Å². The second kappa shape index (κ2) is 7.88. The molecule has 3 N–H and O–H groups in total.